The highest BCUT2D eigenvalue weighted by Gasteiger charge is 2.11. The Balaban J connectivity index is 2.54. The summed E-state index contributed by atoms with van der Waals surface area (Å²) >= 11 is 5.82. The normalized spacial score (nSPS) is 10.2. The van der Waals surface area contributed by atoms with Gasteiger partial charge in [0.05, 0.1) is 0 Å². The number of anilines is 1. The third-order valence-electron chi connectivity index (χ3n) is 2.56. The molecule has 0 heterocycles. The summed E-state index contributed by atoms with van der Waals surface area (Å²) in [5, 5.41) is 6.05. The van der Waals surface area contributed by atoms with E-state index in [2.05, 4.69) is 10.6 Å². The standard InChI is InChI=1S/C14H20ClN3O2/c1-10(2)17-14(20)16-8-9-18(11(3)19)13-6-4-12(15)5-7-13/h4-7,10H,8-9H2,1-3H3,(H2,16,17,20). The van der Waals surface area contributed by atoms with Gasteiger partial charge in [-0.1, -0.05) is 11.6 Å². The number of nitrogens with one attached hydrogen (secondary N) is 2. The van der Waals surface area contributed by atoms with Crippen molar-refractivity contribution in [2.75, 3.05) is 18.0 Å². The first-order valence-corrected chi connectivity index (χ1v) is 6.86. The maximum Gasteiger partial charge on any atom is 0.315 e. The zero-order valence-corrected chi connectivity index (χ0v) is 12.7. The molecule has 2 N–H and O–H groups in total. The van der Waals surface area contributed by atoms with E-state index < -0.39 is 0 Å². The van der Waals surface area contributed by atoms with Crippen LogP contribution < -0.4 is 15.5 Å². The Kier molecular flexibility index (Phi) is 6.31. The number of hydrogen-bond acceptors (Lipinski definition) is 2. The molecule has 20 heavy (non-hydrogen) atoms. The third kappa shape index (κ3) is 5.48. The number of carbonyl (C=O) groups is 2. The van der Waals surface area contributed by atoms with Crippen LogP contribution in [0.15, 0.2) is 24.3 Å². The van der Waals surface area contributed by atoms with E-state index in [1.54, 1.807) is 29.2 Å². The summed E-state index contributed by atoms with van der Waals surface area (Å²) in [4.78, 5) is 24.7. The minimum Gasteiger partial charge on any atom is -0.336 e. The van der Waals surface area contributed by atoms with Gasteiger partial charge in [-0.15, -0.1) is 0 Å². The zero-order chi connectivity index (χ0) is 15.1. The van der Waals surface area contributed by atoms with Crippen molar-refractivity contribution in [3.05, 3.63) is 29.3 Å². The Morgan fingerprint density at radius 2 is 1.85 bits per heavy atom. The van der Waals surface area contributed by atoms with Crippen LogP contribution in [0.3, 0.4) is 0 Å². The molecule has 0 aliphatic carbocycles. The molecule has 0 saturated carbocycles. The highest BCUT2D eigenvalue weighted by molar-refractivity contribution is 6.30. The van der Waals surface area contributed by atoms with Crippen LogP contribution in [0.25, 0.3) is 0 Å². The molecule has 0 aromatic heterocycles. The van der Waals surface area contributed by atoms with Gasteiger partial charge < -0.3 is 15.5 Å². The van der Waals surface area contributed by atoms with E-state index in [1.165, 1.54) is 6.92 Å². The lowest BCUT2D eigenvalue weighted by Gasteiger charge is -2.21. The monoisotopic (exact) mass is 297 g/mol. The molecule has 1 aromatic rings. The molecule has 1 aromatic carbocycles. The van der Waals surface area contributed by atoms with E-state index >= 15 is 0 Å². The number of amides is 3. The Morgan fingerprint density at radius 1 is 1.25 bits per heavy atom. The van der Waals surface area contributed by atoms with Gasteiger partial charge in [-0.25, -0.2) is 4.79 Å². The number of benzene rings is 1. The first kappa shape index (κ1) is 16.3. The van der Waals surface area contributed by atoms with E-state index in [0.717, 1.165) is 5.69 Å². The number of nitrogens with zero attached hydrogens (tertiary/aromatic N) is 1. The first-order valence-electron chi connectivity index (χ1n) is 6.48. The Labute approximate surface area is 124 Å². The van der Waals surface area contributed by atoms with Crippen LogP contribution in [0.4, 0.5) is 10.5 Å². The van der Waals surface area contributed by atoms with Gasteiger partial charge in [-0.3, -0.25) is 4.79 Å². The van der Waals surface area contributed by atoms with Crippen LogP contribution >= 0.6 is 11.6 Å². The lowest BCUT2D eigenvalue weighted by atomic mass is 10.3. The fourth-order valence-corrected chi connectivity index (χ4v) is 1.81. The summed E-state index contributed by atoms with van der Waals surface area (Å²) < 4.78 is 0. The second-order valence-corrected chi connectivity index (χ2v) is 5.14. The average Bonchev–Trinajstić information content (AvgIpc) is 2.35. The van der Waals surface area contributed by atoms with Crippen LogP contribution in [-0.4, -0.2) is 31.1 Å². The molecule has 0 bridgehead atoms. The van der Waals surface area contributed by atoms with Crippen LogP contribution in [0.1, 0.15) is 20.8 Å². The number of hydrogen-bond donors (Lipinski definition) is 2. The molecule has 0 aliphatic heterocycles. The van der Waals surface area contributed by atoms with Crippen molar-refractivity contribution < 1.29 is 9.59 Å². The summed E-state index contributed by atoms with van der Waals surface area (Å²) in [6.07, 6.45) is 0. The number of urea groups is 1. The minimum atomic E-state index is -0.236. The number of halogens is 1. The van der Waals surface area contributed by atoms with Crippen LogP contribution in [0.5, 0.6) is 0 Å². The van der Waals surface area contributed by atoms with Crippen LogP contribution in [0.2, 0.25) is 5.02 Å². The van der Waals surface area contributed by atoms with E-state index in [1.807, 2.05) is 13.8 Å². The van der Waals surface area contributed by atoms with Gasteiger partial charge >= 0.3 is 6.03 Å². The maximum atomic E-state index is 11.6. The van der Waals surface area contributed by atoms with Crippen molar-refractivity contribution in [1.82, 2.24) is 10.6 Å². The zero-order valence-electron chi connectivity index (χ0n) is 11.9. The lowest BCUT2D eigenvalue weighted by molar-refractivity contribution is -0.116. The first-order chi connectivity index (χ1) is 9.40. The second-order valence-electron chi connectivity index (χ2n) is 4.70. The molecular weight excluding hydrogens is 278 g/mol. The highest BCUT2D eigenvalue weighted by Crippen LogP contribution is 2.17. The molecule has 0 atom stereocenters. The predicted molar refractivity (Wildman–Crippen MR) is 81.1 cm³/mol. The van der Waals surface area contributed by atoms with E-state index in [-0.39, 0.29) is 18.0 Å². The average molecular weight is 298 g/mol. The van der Waals surface area contributed by atoms with Gasteiger partial charge in [0.2, 0.25) is 5.91 Å². The van der Waals surface area contributed by atoms with Crippen molar-refractivity contribution in [2.45, 2.75) is 26.8 Å². The molecule has 3 amide bonds. The van der Waals surface area contributed by atoms with Crippen LogP contribution in [0, 0.1) is 0 Å². The van der Waals surface area contributed by atoms with Gasteiger partial charge in [0, 0.05) is 36.8 Å². The molecule has 1 rings (SSSR count). The molecule has 0 fully saturated rings. The maximum absolute atomic E-state index is 11.6. The number of carbonyl (C=O) groups excluding carboxylic acids is 2. The van der Waals surface area contributed by atoms with Crippen molar-refractivity contribution in [1.29, 1.82) is 0 Å². The number of rotatable bonds is 5. The van der Waals surface area contributed by atoms with Gasteiger partial charge in [0.1, 0.15) is 0 Å². The van der Waals surface area contributed by atoms with Crippen molar-refractivity contribution >= 4 is 29.2 Å². The van der Waals surface area contributed by atoms with Gasteiger partial charge in [0.15, 0.2) is 0 Å². The van der Waals surface area contributed by atoms with Crippen molar-refractivity contribution in [2.24, 2.45) is 0 Å². The molecule has 6 heteroatoms. The molecule has 0 saturated heterocycles. The van der Waals surface area contributed by atoms with E-state index in [0.29, 0.717) is 18.1 Å². The largest absolute Gasteiger partial charge is 0.336 e. The topological polar surface area (TPSA) is 61.4 Å². The molecule has 110 valence electrons. The minimum absolute atomic E-state index is 0.0789. The summed E-state index contributed by atoms with van der Waals surface area (Å²) in [6, 6.07) is 6.85. The molecule has 0 unspecified atom stereocenters. The second kappa shape index (κ2) is 7.75. The highest BCUT2D eigenvalue weighted by atomic mass is 35.5. The Hall–Kier alpha value is -1.75. The molecule has 5 nitrogen and oxygen atoms in total. The lowest BCUT2D eigenvalue weighted by Crippen LogP contribution is -2.43. The van der Waals surface area contributed by atoms with Crippen molar-refractivity contribution in [3.8, 4) is 0 Å². The molecule has 0 aliphatic rings. The predicted octanol–water partition coefficient (Wildman–Crippen LogP) is 2.40. The SMILES string of the molecule is CC(=O)N(CCNC(=O)NC(C)C)c1ccc(Cl)cc1. The molecular formula is C14H20ClN3O2. The fourth-order valence-electron chi connectivity index (χ4n) is 1.68. The van der Waals surface area contributed by atoms with E-state index in [4.69, 9.17) is 11.6 Å². The Bertz CT molecular complexity index is 460. The van der Waals surface area contributed by atoms with Crippen LogP contribution in [-0.2, 0) is 4.79 Å². The smallest absolute Gasteiger partial charge is 0.315 e. The van der Waals surface area contributed by atoms with Crippen molar-refractivity contribution in [3.63, 3.8) is 0 Å². The van der Waals surface area contributed by atoms with E-state index in [9.17, 15) is 9.59 Å². The Morgan fingerprint density at radius 3 is 2.35 bits per heavy atom. The van der Waals surface area contributed by atoms with Gasteiger partial charge in [0.25, 0.3) is 0 Å². The summed E-state index contributed by atoms with van der Waals surface area (Å²) in [5.41, 5.74) is 0.757. The molecule has 0 radical (unpaired) electrons. The quantitative estimate of drug-likeness (QED) is 0.876. The molecule has 0 spiro atoms. The van der Waals surface area contributed by atoms with Gasteiger partial charge in [-0.2, -0.15) is 0 Å². The fraction of sp³-hybridized carbons (Fsp3) is 0.429. The third-order valence-corrected chi connectivity index (χ3v) is 2.81. The summed E-state index contributed by atoms with van der Waals surface area (Å²) in [6.45, 7) is 6.04. The van der Waals surface area contributed by atoms with Gasteiger partial charge in [-0.05, 0) is 38.1 Å². The summed E-state index contributed by atoms with van der Waals surface area (Å²) in [7, 11) is 0. The summed E-state index contributed by atoms with van der Waals surface area (Å²) in [5.74, 6) is -0.0848.